The molecule has 0 aromatic heterocycles. The van der Waals surface area contributed by atoms with E-state index >= 15 is 0 Å². The average Bonchev–Trinajstić information content (AvgIpc) is 2.28. The number of carbonyl (C=O) groups excluding carboxylic acids is 1. The summed E-state index contributed by atoms with van der Waals surface area (Å²) in [4.78, 5) is 13.0. The van der Waals surface area contributed by atoms with Crippen molar-refractivity contribution in [3.8, 4) is 0 Å². The fourth-order valence-electron chi connectivity index (χ4n) is 1.85. The van der Waals surface area contributed by atoms with Crippen molar-refractivity contribution in [3.05, 3.63) is 0 Å². The number of nitrogens with zero attached hydrogens (tertiary/aromatic N) is 1. The fourth-order valence-corrected chi connectivity index (χ4v) is 1.85. The quantitative estimate of drug-likeness (QED) is 0.719. The van der Waals surface area contributed by atoms with Gasteiger partial charge in [0.25, 0.3) is 0 Å². The van der Waals surface area contributed by atoms with Gasteiger partial charge in [-0.1, -0.05) is 6.92 Å². The van der Waals surface area contributed by atoms with Gasteiger partial charge in [0.05, 0.1) is 5.92 Å². The third-order valence-corrected chi connectivity index (χ3v) is 2.88. The van der Waals surface area contributed by atoms with Gasteiger partial charge < -0.3 is 9.64 Å². The van der Waals surface area contributed by atoms with Crippen LogP contribution in [-0.2, 0) is 9.53 Å². The van der Waals surface area contributed by atoms with Crippen molar-refractivity contribution in [2.45, 2.75) is 32.4 Å². The summed E-state index contributed by atoms with van der Waals surface area (Å²) < 4.78 is 42.2. The summed E-state index contributed by atoms with van der Waals surface area (Å²) in [5.41, 5.74) is 0. The average molecular weight is 253 g/mol. The molecule has 1 aliphatic rings. The molecule has 1 rings (SSSR count). The maximum absolute atomic E-state index is 12.4. The van der Waals surface area contributed by atoms with Gasteiger partial charge in [0.15, 0.2) is 0 Å². The molecule has 0 aliphatic carbocycles. The first kappa shape index (κ1) is 14.3. The van der Waals surface area contributed by atoms with Crippen LogP contribution in [0.25, 0.3) is 0 Å². The molecule has 0 unspecified atom stereocenters. The molecule has 1 heterocycles. The highest BCUT2D eigenvalue weighted by Gasteiger charge is 2.41. The van der Waals surface area contributed by atoms with Crippen molar-refractivity contribution < 1.29 is 22.7 Å². The van der Waals surface area contributed by atoms with Crippen molar-refractivity contribution in [2.75, 3.05) is 26.3 Å². The molecule has 1 fully saturated rings. The molecule has 0 N–H and O–H groups in total. The van der Waals surface area contributed by atoms with Crippen LogP contribution in [0, 0.1) is 5.92 Å². The number of piperidine rings is 1. The Labute approximate surface area is 98.9 Å². The van der Waals surface area contributed by atoms with Gasteiger partial charge in [0, 0.05) is 19.7 Å². The SMILES string of the molecule is CCCOCC(=O)N1CCC(C(F)(F)F)CC1. The van der Waals surface area contributed by atoms with Gasteiger partial charge >= 0.3 is 6.18 Å². The van der Waals surface area contributed by atoms with Crippen LogP contribution in [-0.4, -0.2) is 43.3 Å². The first-order chi connectivity index (χ1) is 7.95. The molecule has 1 saturated heterocycles. The summed E-state index contributed by atoms with van der Waals surface area (Å²) in [7, 11) is 0. The van der Waals surface area contributed by atoms with E-state index in [0.29, 0.717) is 6.61 Å². The third-order valence-electron chi connectivity index (χ3n) is 2.88. The molecule has 0 radical (unpaired) electrons. The number of hydrogen-bond donors (Lipinski definition) is 0. The van der Waals surface area contributed by atoms with Crippen LogP contribution in [0.2, 0.25) is 0 Å². The minimum Gasteiger partial charge on any atom is -0.372 e. The number of ether oxygens (including phenoxy) is 1. The lowest BCUT2D eigenvalue weighted by molar-refractivity contribution is -0.186. The van der Waals surface area contributed by atoms with Gasteiger partial charge in [0.2, 0.25) is 5.91 Å². The van der Waals surface area contributed by atoms with E-state index in [2.05, 4.69) is 0 Å². The monoisotopic (exact) mass is 253 g/mol. The predicted molar refractivity (Wildman–Crippen MR) is 56.5 cm³/mol. The lowest BCUT2D eigenvalue weighted by Gasteiger charge is -2.32. The highest BCUT2D eigenvalue weighted by atomic mass is 19.4. The maximum Gasteiger partial charge on any atom is 0.391 e. The van der Waals surface area contributed by atoms with E-state index in [1.54, 1.807) is 0 Å². The molecule has 1 amide bonds. The number of hydrogen-bond acceptors (Lipinski definition) is 2. The molecular formula is C11H18F3NO2. The van der Waals surface area contributed by atoms with Crippen molar-refractivity contribution in [3.63, 3.8) is 0 Å². The Morgan fingerprint density at radius 1 is 1.35 bits per heavy atom. The Hall–Kier alpha value is -0.780. The van der Waals surface area contributed by atoms with Gasteiger partial charge in [-0.3, -0.25) is 4.79 Å². The van der Waals surface area contributed by atoms with E-state index in [9.17, 15) is 18.0 Å². The minimum absolute atomic E-state index is 0.00299. The van der Waals surface area contributed by atoms with Crippen molar-refractivity contribution in [1.29, 1.82) is 0 Å². The molecule has 3 nitrogen and oxygen atoms in total. The molecule has 1 aliphatic heterocycles. The molecule has 0 atom stereocenters. The Bertz CT molecular complexity index is 248. The molecular weight excluding hydrogens is 235 g/mol. The zero-order chi connectivity index (χ0) is 12.9. The van der Waals surface area contributed by atoms with E-state index in [0.717, 1.165) is 6.42 Å². The van der Waals surface area contributed by atoms with Crippen molar-refractivity contribution in [2.24, 2.45) is 5.92 Å². The molecule has 100 valence electrons. The Morgan fingerprint density at radius 3 is 2.41 bits per heavy atom. The van der Waals surface area contributed by atoms with Crippen LogP contribution in [0.1, 0.15) is 26.2 Å². The summed E-state index contributed by atoms with van der Waals surface area (Å²) in [6.45, 7) is 2.77. The van der Waals surface area contributed by atoms with Crippen molar-refractivity contribution in [1.82, 2.24) is 4.90 Å². The fraction of sp³-hybridized carbons (Fsp3) is 0.909. The number of likely N-dealkylation sites (tertiary alicyclic amines) is 1. The number of halogens is 3. The lowest BCUT2D eigenvalue weighted by atomic mass is 9.96. The summed E-state index contributed by atoms with van der Waals surface area (Å²) in [6, 6.07) is 0. The Balaban J connectivity index is 2.29. The summed E-state index contributed by atoms with van der Waals surface area (Å²) in [6.07, 6.45) is -3.30. The number of amides is 1. The topological polar surface area (TPSA) is 29.5 Å². The molecule has 6 heteroatoms. The van der Waals surface area contributed by atoms with Gasteiger partial charge in [0.1, 0.15) is 6.61 Å². The maximum atomic E-state index is 12.4. The van der Waals surface area contributed by atoms with E-state index in [4.69, 9.17) is 4.74 Å². The second kappa shape index (κ2) is 6.23. The van der Waals surface area contributed by atoms with E-state index < -0.39 is 12.1 Å². The van der Waals surface area contributed by atoms with Gasteiger partial charge in [-0.05, 0) is 19.3 Å². The third kappa shape index (κ3) is 4.53. The number of alkyl halides is 3. The van der Waals surface area contributed by atoms with Crippen LogP contribution in [0.15, 0.2) is 0 Å². The van der Waals surface area contributed by atoms with Gasteiger partial charge in [-0.2, -0.15) is 13.2 Å². The largest absolute Gasteiger partial charge is 0.391 e. The van der Waals surface area contributed by atoms with E-state index in [-0.39, 0.29) is 38.4 Å². The van der Waals surface area contributed by atoms with Gasteiger partial charge in [-0.25, -0.2) is 0 Å². The highest BCUT2D eigenvalue weighted by Crippen LogP contribution is 2.33. The molecule has 0 spiro atoms. The van der Waals surface area contributed by atoms with Crippen LogP contribution >= 0.6 is 0 Å². The van der Waals surface area contributed by atoms with E-state index in [1.807, 2.05) is 6.92 Å². The lowest BCUT2D eigenvalue weighted by Crippen LogP contribution is -2.43. The smallest absolute Gasteiger partial charge is 0.372 e. The highest BCUT2D eigenvalue weighted by molar-refractivity contribution is 5.77. The van der Waals surface area contributed by atoms with Gasteiger partial charge in [-0.15, -0.1) is 0 Å². The molecule has 0 bridgehead atoms. The molecule has 17 heavy (non-hydrogen) atoms. The summed E-state index contributed by atoms with van der Waals surface area (Å²) in [5, 5.41) is 0. The Kier molecular flexibility index (Phi) is 5.24. The standard InChI is InChI=1S/C11H18F3NO2/c1-2-7-17-8-10(16)15-5-3-9(4-6-15)11(12,13)14/h9H,2-8H2,1H3. The molecule has 0 saturated carbocycles. The summed E-state index contributed by atoms with van der Waals surface area (Å²) in [5.74, 6) is -1.47. The van der Waals surface area contributed by atoms with Crippen LogP contribution in [0.4, 0.5) is 13.2 Å². The first-order valence-corrected chi connectivity index (χ1v) is 5.87. The normalized spacial score (nSPS) is 18.5. The first-order valence-electron chi connectivity index (χ1n) is 5.87. The number of carbonyl (C=O) groups is 1. The zero-order valence-corrected chi connectivity index (χ0v) is 9.92. The molecule has 0 aromatic rings. The van der Waals surface area contributed by atoms with E-state index in [1.165, 1.54) is 4.90 Å². The minimum atomic E-state index is -4.13. The molecule has 0 aromatic carbocycles. The van der Waals surface area contributed by atoms with Crippen molar-refractivity contribution >= 4 is 5.91 Å². The summed E-state index contributed by atoms with van der Waals surface area (Å²) >= 11 is 0. The Morgan fingerprint density at radius 2 is 1.94 bits per heavy atom. The van der Waals surface area contributed by atoms with Crippen LogP contribution < -0.4 is 0 Å². The van der Waals surface area contributed by atoms with Crippen LogP contribution in [0.5, 0.6) is 0 Å². The number of rotatable bonds is 4. The predicted octanol–water partition coefficient (Wildman–Crippen LogP) is 2.21. The zero-order valence-electron chi connectivity index (χ0n) is 9.92. The van der Waals surface area contributed by atoms with Crippen LogP contribution in [0.3, 0.4) is 0 Å². The second-order valence-electron chi connectivity index (χ2n) is 4.25. The second-order valence-corrected chi connectivity index (χ2v) is 4.25.